The highest BCUT2D eigenvalue weighted by atomic mass is 16.5. The van der Waals surface area contributed by atoms with Crippen molar-refractivity contribution in [3.63, 3.8) is 0 Å². The van der Waals surface area contributed by atoms with Crippen LogP contribution in [0, 0.1) is 0 Å². The summed E-state index contributed by atoms with van der Waals surface area (Å²) < 4.78 is 22.0. The largest absolute Gasteiger partial charge is 0.383 e. The van der Waals surface area contributed by atoms with E-state index >= 15 is 0 Å². The lowest BCUT2D eigenvalue weighted by molar-refractivity contribution is 0.0199. The lowest BCUT2D eigenvalue weighted by Crippen LogP contribution is -2.47. The van der Waals surface area contributed by atoms with Gasteiger partial charge in [-0.3, -0.25) is 4.99 Å². The Bertz CT molecular complexity index is 356. The summed E-state index contributed by atoms with van der Waals surface area (Å²) in [5.41, 5.74) is 0. The Labute approximate surface area is 145 Å². The molecular formula is C17H33N3O4. The number of nitrogens with one attached hydrogen (secondary N) is 2. The Morgan fingerprint density at radius 1 is 1.21 bits per heavy atom. The van der Waals surface area contributed by atoms with Crippen molar-refractivity contribution in [3.05, 3.63) is 0 Å². The van der Waals surface area contributed by atoms with Crippen LogP contribution >= 0.6 is 0 Å². The lowest BCUT2D eigenvalue weighted by Gasteiger charge is -2.22. The van der Waals surface area contributed by atoms with Gasteiger partial charge in [0.25, 0.3) is 0 Å². The fraction of sp³-hybridized carbons (Fsp3) is 0.941. The van der Waals surface area contributed by atoms with Crippen LogP contribution in [0.15, 0.2) is 4.99 Å². The summed E-state index contributed by atoms with van der Waals surface area (Å²) in [4.78, 5) is 4.59. The molecule has 0 amide bonds. The summed E-state index contributed by atoms with van der Waals surface area (Å²) in [6.45, 7) is 7.11. The van der Waals surface area contributed by atoms with Crippen LogP contribution in [0.25, 0.3) is 0 Å². The van der Waals surface area contributed by atoms with E-state index in [9.17, 15) is 0 Å². The van der Waals surface area contributed by atoms with Gasteiger partial charge in [0.05, 0.1) is 44.6 Å². The molecule has 3 atom stereocenters. The van der Waals surface area contributed by atoms with E-state index in [0.717, 1.165) is 51.4 Å². The first-order chi connectivity index (χ1) is 11.8. The number of rotatable bonds is 10. The van der Waals surface area contributed by atoms with Gasteiger partial charge in [0.2, 0.25) is 0 Å². The molecule has 0 aromatic carbocycles. The molecule has 0 aromatic rings. The fourth-order valence-electron chi connectivity index (χ4n) is 2.94. The van der Waals surface area contributed by atoms with Crippen molar-refractivity contribution < 1.29 is 18.9 Å². The average molecular weight is 343 g/mol. The van der Waals surface area contributed by atoms with E-state index in [2.05, 4.69) is 22.5 Å². The summed E-state index contributed by atoms with van der Waals surface area (Å²) in [6.07, 6.45) is 5.01. The van der Waals surface area contributed by atoms with Gasteiger partial charge < -0.3 is 29.6 Å². The zero-order chi connectivity index (χ0) is 17.0. The molecule has 2 rings (SSSR count). The first kappa shape index (κ1) is 19.4. The van der Waals surface area contributed by atoms with E-state index < -0.39 is 0 Å². The predicted octanol–water partition coefficient (Wildman–Crippen LogP) is 0.931. The minimum absolute atomic E-state index is 0.231. The first-order valence-corrected chi connectivity index (χ1v) is 9.14. The SMILES string of the molecule is COCCNC(=NCCOC[C@@H]1CCCO1)N[C@H](C)[C@@H]1CCCO1. The average Bonchev–Trinajstić information content (AvgIpc) is 3.28. The highest BCUT2D eigenvalue weighted by Gasteiger charge is 2.23. The third kappa shape index (κ3) is 7.34. The molecule has 0 aromatic heterocycles. The molecule has 0 unspecified atom stereocenters. The Kier molecular flexibility index (Phi) is 9.42. The van der Waals surface area contributed by atoms with Crippen molar-refractivity contribution in [2.24, 2.45) is 4.99 Å². The molecule has 2 N–H and O–H groups in total. The van der Waals surface area contributed by atoms with Gasteiger partial charge in [-0.2, -0.15) is 0 Å². The van der Waals surface area contributed by atoms with Crippen LogP contribution in [-0.2, 0) is 18.9 Å². The Balaban J connectivity index is 1.68. The maximum atomic E-state index is 5.73. The number of aliphatic imine (C=N–C) groups is 1. The zero-order valence-corrected chi connectivity index (χ0v) is 15.1. The number of methoxy groups -OCH3 is 1. The van der Waals surface area contributed by atoms with Gasteiger partial charge in [0.1, 0.15) is 0 Å². The molecule has 140 valence electrons. The summed E-state index contributed by atoms with van der Waals surface area (Å²) in [5, 5.41) is 6.71. The maximum Gasteiger partial charge on any atom is 0.191 e. The van der Waals surface area contributed by atoms with E-state index in [1.807, 2.05) is 0 Å². The van der Waals surface area contributed by atoms with Crippen molar-refractivity contribution in [2.75, 3.05) is 53.2 Å². The van der Waals surface area contributed by atoms with Gasteiger partial charge in [0.15, 0.2) is 5.96 Å². The number of hydrogen-bond donors (Lipinski definition) is 2. The maximum absolute atomic E-state index is 5.73. The van der Waals surface area contributed by atoms with E-state index in [4.69, 9.17) is 18.9 Å². The number of nitrogens with zero attached hydrogens (tertiary/aromatic N) is 1. The molecule has 2 aliphatic heterocycles. The highest BCUT2D eigenvalue weighted by Crippen LogP contribution is 2.15. The molecular weight excluding hydrogens is 310 g/mol. The number of ether oxygens (including phenoxy) is 4. The minimum atomic E-state index is 0.231. The second-order valence-corrected chi connectivity index (χ2v) is 6.34. The lowest BCUT2D eigenvalue weighted by atomic mass is 10.1. The van der Waals surface area contributed by atoms with E-state index in [0.29, 0.717) is 26.4 Å². The fourth-order valence-corrected chi connectivity index (χ4v) is 2.94. The van der Waals surface area contributed by atoms with Gasteiger partial charge in [-0.15, -0.1) is 0 Å². The Morgan fingerprint density at radius 3 is 2.75 bits per heavy atom. The zero-order valence-electron chi connectivity index (χ0n) is 15.1. The van der Waals surface area contributed by atoms with Crippen molar-refractivity contribution >= 4 is 5.96 Å². The van der Waals surface area contributed by atoms with Crippen LogP contribution in [0.3, 0.4) is 0 Å². The molecule has 2 aliphatic rings. The van der Waals surface area contributed by atoms with Crippen LogP contribution in [0.2, 0.25) is 0 Å². The minimum Gasteiger partial charge on any atom is -0.383 e. The third-order valence-electron chi connectivity index (χ3n) is 4.32. The van der Waals surface area contributed by atoms with Gasteiger partial charge >= 0.3 is 0 Å². The summed E-state index contributed by atoms with van der Waals surface area (Å²) in [5.74, 6) is 0.788. The molecule has 0 saturated carbocycles. The topological polar surface area (TPSA) is 73.3 Å². The number of hydrogen-bond acceptors (Lipinski definition) is 5. The molecule has 0 spiro atoms. The van der Waals surface area contributed by atoms with Gasteiger partial charge in [-0.25, -0.2) is 0 Å². The first-order valence-electron chi connectivity index (χ1n) is 9.14. The van der Waals surface area contributed by atoms with Crippen molar-refractivity contribution in [1.29, 1.82) is 0 Å². The molecule has 7 nitrogen and oxygen atoms in total. The summed E-state index contributed by atoms with van der Waals surface area (Å²) in [6, 6.07) is 0.231. The third-order valence-corrected chi connectivity index (χ3v) is 4.32. The second kappa shape index (κ2) is 11.6. The van der Waals surface area contributed by atoms with E-state index in [1.165, 1.54) is 0 Å². The molecule has 2 saturated heterocycles. The van der Waals surface area contributed by atoms with Crippen molar-refractivity contribution in [2.45, 2.75) is 50.9 Å². The molecule has 0 radical (unpaired) electrons. The van der Waals surface area contributed by atoms with Crippen LogP contribution in [0.5, 0.6) is 0 Å². The van der Waals surface area contributed by atoms with Gasteiger partial charge in [0, 0.05) is 26.9 Å². The normalized spacial score (nSPS) is 25.8. The highest BCUT2D eigenvalue weighted by molar-refractivity contribution is 5.80. The predicted molar refractivity (Wildman–Crippen MR) is 93.5 cm³/mol. The molecule has 0 aliphatic carbocycles. The Hall–Kier alpha value is -0.890. The smallest absolute Gasteiger partial charge is 0.191 e. The van der Waals surface area contributed by atoms with Gasteiger partial charge in [-0.1, -0.05) is 0 Å². The van der Waals surface area contributed by atoms with Gasteiger partial charge in [-0.05, 0) is 32.6 Å². The van der Waals surface area contributed by atoms with E-state index in [-0.39, 0.29) is 18.2 Å². The quantitative estimate of drug-likeness (QED) is 0.349. The van der Waals surface area contributed by atoms with E-state index in [1.54, 1.807) is 7.11 Å². The van der Waals surface area contributed by atoms with Crippen LogP contribution in [0.4, 0.5) is 0 Å². The second-order valence-electron chi connectivity index (χ2n) is 6.34. The van der Waals surface area contributed by atoms with Crippen molar-refractivity contribution in [1.82, 2.24) is 10.6 Å². The van der Waals surface area contributed by atoms with Crippen LogP contribution in [0.1, 0.15) is 32.6 Å². The summed E-state index contributed by atoms with van der Waals surface area (Å²) >= 11 is 0. The Morgan fingerprint density at radius 2 is 2.04 bits per heavy atom. The molecule has 7 heteroatoms. The molecule has 2 heterocycles. The van der Waals surface area contributed by atoms with Crippen molar-refractivity contribution in [3.8, 4) is 0 Å². The molecule has 2 fully saturated rings. The monoisotopic (exact) mass is 343 g/mol. The standard InChI is InChI=1S/C17H33N3O4/c1-14(16-6-4-10-24-16)20-17(18-7-11-21-2)19-8-12-22-13-15-5-3-9-23-15/h14-16H,3-13H2,1-2H3,(H2,18,19,20)/t14-,15+,16+/m1/s1. The number of guanidine groups is 1. The molecule has 0 bridgehead atoms. The summed E-state index contributed by atoms with van der Waals surface area (Å²) in [7, 11) is 1.69. The molecule has 24 heavy (non-hydrogen) atoms. The van der Waals surface area contributed by atoms with Crippen LogP contribution in [-0.4, -0.2) is 77.4 Å². The van der Waals surface area contributed by atoms with Crippen LogP contribution < -0.4 is 10.6 Å².